The van der Waals surface area contributed by atoms with E-state index in [-0.39, 0.29) is 11.2 Å². The lowest BCUT2D eigenvalue weighted by Gasteiger charge is -2.26. The van der Waals surface area contributed by atoms with Crippen molar-refractivity contribution < 1.29 is 9.53 Å². The number of hydrogen-bond donors (Lipinski definition) is 1. The van der Waals surface area contributed by atoms with Crippen LogP contribution in [0, 0.1) is 0 Å². The van der Waals surface area contributed by atoms with E-state index in [1.807, 2.05) is 37.3 Å². The number of rotatable bonds is 6. The summed E-state index contributed by atoms with van der Waals surface area (Å²) in [6.07, 6.45) is 0. The molecule has 0 aromatic heterocycles. The van der Waals surface area contributed by atoms with Crippen LogP contribution in [0.25, 0.3) is 0 Å². The summed E-state index contributed by atoms with van der Waals surface area (Å²) in [5.41, 5.74) is 0.996. The number of carbonyl (C=O) groups excluding carboxylic acids is 1. The first kappa shape index (κ1) is 17.4. The molecule has 1 N–H and O–H groups in total. The lowest BCUT2D eigenvalue weighted by Crippen LogP contribution is -2.42. The van der Waals surface area contributed by atoms with Crippen molar-refractivity contribution in [1.82, 2.24) is 10.2 Å². The van der Waals surface area contributed by atoms with Crippen LogP contribution in [0.2, 0.25) is 0 Å². The molecule has 120 valence electrons. The van der Waals surface area contributed by atoms with E-state index in [9.17, 15) is 4.79 Å². The molecular formula is C16H22N2O2S2. The molecule has 1 unspecified atom stereocenters. The van der Waals surface area contributed by atoms with Crippen LogP contribution in [0.4, 0.5) is 0 Å². The Hall–Kier alpha value is -0.950. The molecule has 1 aromatic rings. The van der Waals surface area contributed by atoms with Gasteiger partial charge >= 0.3 is 0 Å². The fourth-order valence-corrected chi connectivity index (χ4v) is 3.51. The van der Waals surface area contributed by atoms with Crippen molar-refractivity contribution in [2.24, 2.45) is 0 Å². The molecule has 1 saturated heterocycles. The minimum Gasteiger partial charge on any atom is -0.379 e. The summed E-state index contributed by atoms with van der Waals surface area (Å²) < 4.78 is 6.07. The van der Waals surface area contributed by atoms with Crippen molar-refractivity contribution in [2.45, 2.75) is 12.2 Å². The molecule has 1 aliphatic rings. The second-order valence-corrected chi connectivity index (χ2v) is 7.18. The normalized spacial score (nSPS) is 17.0. The van der Waals surface area contributed by atoms with Gasteiger partial charge in [-0.1, -0.05) is 42.5 Å². The van der Waals surface area contributed by atoms with Crippen molar-refractivity contribution >= 4 is 34.1 Å². The van der Waals surface area contributed by atoms with Gasteiger partial charge in [0.15, 0.2) is 0 Å². The van der Waals surface area contributed by atoms with Crippen LogP contribution in [0.15, 0.2) is 30.3 Å². The summed E-state index contributed by atoms with van der Waals surface area (Å²) in [5.74, 6) is 0.0385. The Morgan fingerprint density at radius 1 is 1.36 bits per heavy atom. The third-order valence-corrected chi connectivity index (χ3v) is 5.04. The van der Waals surface area contributed by atoms with Gasteiger partial charge in [0.25, 0.3) is 0 Å². The number of nitrogens with zero attached hydrogens (tertiary/aromatic N) is 1. The molecule has 1 aliphatic heterocycles. The zero-order valence-electron chi connectivity index (χ0n) is 12.8. The summed E-state index contributed by atoms with van der Waals surface area (Å²) >= 11 is 6.82. The predicted molar refractivity (Wildman–Crippen MR) is 95.5 cm³/mol. The van der Waals surface area contributed by atoms with Crippen molar-refractivity contribution in [3.05, 3.63) is 35.9 Å². The van der Waals surface area contributed by atoms with Gasteiger partial charge in [-0.15, -0.1) is 11.8 Å². The second kappa shape index (κ2) is 9.25. The minimum absolute atomic E-state index is 0.0385. The molecule has 4 nitrogen and oxygen atoms in total. The van der Waals surface area contributed by atoms with Gasteiger partial charge in [0.05, 0.1) is 22.7 Å². The molecule has 1 aromatic carbocycles. The number of nitrogens with one attached hydrogen (secondary N) is 1. The standard InChI is InChI=1S/C16H22N2O2S2/c1-13(22-16(21)14-5-3-2-4-6-14)15(19)17-7-8-18-9-11-20-12-10-18/h2-6,13H,7-12H2,1H3,(H,17,19). The number of morpholine rings is 1. The first-order valence-electron chi connectivity index (χ1n) is 7.50. The zero-order valence-corrected chi connectivity index (χ0v) is 14.4. The summed E-state index contributed by atoms with van der Waals surface area (Å²) in [6.45, 7) is 6.88. The third kappa shape index (κ3) is 5.68. The zero-order chi connectivity index (χ0) is 15.8. The molecule has 1 fully saturated rings. The lowest BCUT2D eigenvalue weighted by atomic mass is 10.2. The highest BCUT2D eigenvalue weighted by atomic mass is 32.2. The highest BCUT2D eigenvalue weighted by molar-refractivity contribution is 8.24. The smallest absolute Gasteiger partial charge is 0.233 e. The van der Waals surface area contributed by atoms with Crippen molar-refractivity contribution in [3.63, 3.8) is 0 Å². The van der Waals surface area contributed by atoms with Gasteiger partial charge in [-0.2, -0.15) is 0 Å². The second-order valence-electron chi connectivity index (χ2n) is 5.16. The van der Waals surface area contributed by atoms with Gasteiger partial charge in [-0.25, -0.2) is 0 Å². The SMILES string of the molecule is CC(SC(=S)c1ccccc1)C(=O)NCCN1CCOCC1. The molecule has 0 saturated carbocycles. The lowest BCUT2D eigenvalue weighted by molar-refractivity contribution is -0.120. The molecule has 1 amide bonds. The number of carbonyl (C=O) groups is 1. The number of ether oxygens (including phenoxy) is 1. The topological polar surface area (TPSA) is 41.6 Å². The summed E-state index contributed by atoms with van der Waals surface area (Å²) in [4.78, 5) is 14.4. The predicted octanol–water partition coefficient (Wildman–Crippen LogP) is 1.93. The fourth-order valence-electron chi connectivity index (χ4n) is 2.16. The number of thioether (sulfide) groups is 1. The minimum atomic E-state index is -0.183. The average Bonchev–Trinajstić information content (AvgIpc) is 2.56. The van der Waals surface area contributed by atoms with Crippen molar-refractivity contribution in [1.29, 1.82) is 0 Å². The summed E-state index contributed by atoms with van der Waals surface area (Å²) in [7, 11) is 0. The molecule has 2 rings (SSSR count). The van der Waals surface area contributed by atoms with E-state index in [2.05, 4.69) is 10.2 Å². The average molecular weight is 338 g/mol. The maximum absolute atomic E-state index is 12.1. The summed E-state index contributed by atoms with van der Waals surface area (Å²) in [5, 5.41) is 2.80. The van der Waals surface area contributed by atoms with Crippen LogP contribution < -0.4 is 5.32 Å². The molecule has 0 radical (unpaired) electrons. The molecule has 0 aliphatic carbocycles. The van der Waals surface area contributed by atoms with E-state index in [1.54, 1.807) is 0 Å². The van der Waals surface area contributed by atoms with Gasteiger partial charge < -0.3 is 10.1 Å². The van der Waals surface area contributed by atoms with Gasteiger partial charge in [-0.05, 0) is 12.5 Å². The van der Waals surface area contributed by atoms with E-state index in [4.69, 9.17) is 17.0 Å². The first-order valence-corrected chi connectivity index (χ1v) is 8.79. The number of benzene rings is 1. The molecule has 1 atom stereocenters. The van der Waals surface area contributed by atoms with Crippen LogP contribution in [0.1, 0.15) is 12.5 Å². The van der Waals surface area contributed by atoms with Crippen LogP contribution in [-0.4, -0.2) is 59.6 Å². The quantitative estimate of drug-likeness (QED) is 0.803. The van der Waals surface area contributed by atoms with Crippen LogP contribution in [0.3, 0.4) is 0 Å². The van der Waals surface area contributed by atoms with E-state index in [0.29, 0.717) is 6.54 Å². The number of amides is 1. The maximum atomic E-state index is 12.1. The van der Waals surface area contributed by atoms with Crippen LogP contribution in [-0.2, 0) is 9.53 Å². The monoisotopic (exact) mass is 338 g/mol. The van der Waals surface area contributed by atoms with Gasteiger partial charge in [0.2, 0.25) is 5.91 Å². The Kier molecular flexibility index (Phi) is 7.32. The molecule has 22 heavy (non-hydrogen) atoms. The highest BCUT2D eigenvalue weighted by Crippen LogP contribution is 2.19. The Balaban J connectivity index is 1.69. The Morgan fingerprint density at radius 2 is 2.05 bits per heavy atom. The van der Waals surface area contributed by atoms with E-state index in [1.165, 1.54) is 11.8 Å². The Bertz CT molecular complexity index is 490. The molecule has 1 heterocycles. The molecular weight excluding hydrogens is 316 g/mol. The van der Waals surface area contributed by atoms with E-state index >= 15 is 0 Å². The molecule has 0 bridgehead atoms. The number of thiocarbonyl (C=S) groups is 1. The van der Waals surface area contributed by atoms with E-state index < -0.39 is 0 Å². The summed E-state index contributed by atoms with van der Waals surface area (Å²) in [6, 6.07) is 9.81. The van der Waals surface area contributed by atoms with E-state index in [0.717, 1.165) is 42.6 Å². The molecule has 6 heteroatoms. The van der Waals surface area contributed by atoms with Crippen LogP contribution >= 0.6 is 24.0 Å². The van der Waals surface area contributed by atoms with Gasteiger partial charge in [-0.3, -0.25) is 9.69 Å². The first-order chi connectivity index (χ1) is 10.7. The molecule has 0 spiro atoms. The third-order valence-electron chi connectivity index (χ3n) is 3.49. The van der Waals surface area contributed by atoms with Crippen molar-refractivity contribution in [2.75, 3.05) is 39.4 Å². The Morgan fingerprint density at radius 3 is 2.73 bits per heavy atom. The van der Waals surface area contributed by atoms with Crippen LogP contribution in [0.5, 0.6) is 0 Å². The van der Waals surface area contributed by atoms with Crippen molar-refractivity contribution in [3.8, 4) is 0 Å². The maximum Gasteiger partial charge on any atom is 0.233 e. The Labute approximate surface area is 141 Å². The van der Waals surface area contributed by atoms with Gasteiger partial charge in [0.1, 0.15) is 0 Å². The number of hydrogen-bond acceptors (Lipinski definition) is 5. The largest absolute Gasteiger partial charge is 0.379 e. The van der Waals surface area contributed by atoms with Gasteiger partial charge in [0, 0.05) is 26.2 Å². The fraction of sp³-hybridized carbons (Fsp3) is 0.500. The highest BCUT2D eigenvalue weighted by Gasteiger charge is 2.17.